The molecule has 1 N–H and O–H groups in total. The fourth-order valence-electron chi connectivity index (χ4n) is 2.72. The third kappa shape index (κ3) is 3.01. The number of nitro groups is 1. The van der Waals surface area contributed by atoms with Gasteiger partial charge in [0, 0.05) is 28.4 Å². The maximum Gasteiger partial charge on any atom is 0.356 e. The molecule has 0 bridgehead atoms. The molecule has 0 saturated heterocycles. The van der Waals surface area contributed by atoms with Crippen LogP contribution in [0.3, 0.4) is 0 Å². The van der Waals surface area contributed by atoms with Crippen LogP contribution in [0, 0.1) is 10.1 Å². The topological polar surface area (TPSA) is 120 Å². The van der Waals surface area contributed by atoms with Crippen LogP contribution in [0.15, 0.2) is 48.8 Å². The number of pyridine rings is 2. The second-order valence-electron chi connectivity index (χ2n) is 5.65. The summed E-state index contributed by atoms with van der Waals surface area (Å²) in [6, 6.07) is 9.76. The molecule has 9 heteroatoms. The molecule has 27 heavy (non-hydrogen) atoms. The standard InChI is InChI=1S/C18H12N4O5/c1-26-18(23)15-7-13-12-6-11(3-4-14(12)21-16(13)9-19-15)27-17-5-2-10(8-20-17)22(24)25/h2-9,21H,1H3. The number of methoxy groups -OCH3 is 1. The van der Waals surface area contributed by atoms with Gasteiger partial charge in [-0.2, -0.15) is 0 Å². The van der Waals surface area contributed by atoms with E-state index in [-0.39, 0.29) is 17.3 Å². The number of aromatic amines is 1. The van der Waals surface area contributed by atoms with Crippen molar-refractivity contribution in [2.45, 2.75) is 0 Å². The Morgan fingerprint density at radius 1 is 1.07 bits per heavy atom. The Balaban J connectivity index is 1.72. The summed E-state index contributed by atoms with van der Waals surface area (Å²) in [5.41, 5.74) is 1.70. The van der Waals surface area contributed by atoms with Gasteiger partial charge in [0.25, 0.3) is 5.69 Å². The van der Waals surface area contributed by atoms with Gasteiger partial charge >= 0.3 is 5.97 Å². The van der Waals surface area contributed by atoms with Gasteiger partial charge in [-0.3, -0.25) is 10.1 Å². The van der Waals surface area contributed by atoms with Crippen molar-refractivity contribution in [2.75, 3.05) is 7.11 Å². The van der Waals surface area contributed by atoms with Gasteiger partial charge < -0.3 is 14.5 Å². The minimum atomic E-state index is -0.526. The van der Waals surface area contributed by atoms with E-state index in [0.29, 0.717) is 5.75 Å². The number of hydrogen-bond acceptors (Lipinski definition) is 7. The van der Waals surface area contributed by atoms with Crippen LogP contribution in [0.5, 0.6) is 11.6 Å². The number of nitrogens with one attached hydrogen (secondary N) is 1. The fourth-order valence-corrected chi connectivity index (χ4v) is 2.72. The predicted octanol–water partition coefficient (Wildman–Crippen LogP) is 3.60. The molecule has 0 fully saturated rings. The van der Waals surface area contributed by atoms with Crippen LogP contribution in [0.1, 0.15) is 10.5 Å². The lowest BCUT2D eigenvalue weighted by Gasteiger charge is -2.04. The van der Waals surface area contributed by atoms with Crippen molar-refractivity contribution in [3.63, 3.8) is 0 Å². The van der Waals surface area contributed by atoms with E-state index in [1.807, 2.05) is 6.07 Å². The van der Waals surface area contributed by atoms with Crippen LogP contribution in [-0.4, -0.2) is 33.0 Å². The largest absolute Gasteiger partial charge is 0.464 e. The molecule has 0 amide bonds. The Morgan fingerprint density at radius 3 is 2.59 bits per heavy atom. The number of H-pyrrole nitrogens is 1. The van der Waals surface area contributed by atoms with E-state index in [1.54, 1.807) is 24.4 Å². The molecule has 0 aliphatic heterocycles. The van der Waals surface area contributed by atoms with Crippen molar-refractivity contribution in [3.8, 4) is 11.6 Å². The first-order valence-electron chi connectivity index (χ1n) is 7.83. The predicted molar refractivity (Wildman–Crippen MR) is 95.9 cm³/mol. The minimum Gasteiger partial charge on any atom is -0.464 e. The van der Waals surface area contributed by atoms with Crippen LogP contribution in [0.2, 0.25) is 0 Å². The normalized spacial score (nSPS) is 10.9. The van der Waals surface area contributed by atoms with E-state index >= 15 is 0 Å². The van der Waals surface area contributed by atoms with Crippen LogP contribution >= 0.6 is 0 Å². The number of fused-ring (bicyclic) bond motifs is 3. The second kappa shape index (κ2) is 6.37. The lowest BCUT2D eigenvalue weighted by atomic mass is 10.1. The second-order valence-corrected chi connectivity index (χ2v) is 5.65. The third-order valence-corrected chi connectivity index (χ3v) is 4.00. The quantitative estimate of drug-likeness (QED) is 0.334. The Bertz CT molecular complexity index is 1180. The Morgan fingerprint density at radius 2 is 1.89 bits per heavy atom. The average molecular weight is 364 g/mol. The maximum atomic E-state index is 11.7. The van der Waals surface area contributed by atoms with E-state index in [0.717, 1.165) is 28.0 Å². The van der Waals surface area contributed by atoms with Gasteiger partial charge in [-0.1, -0.05) is 0 Å². The summed E-state index contributed by atoms with van der Waals surface area (Å²) in [7, 11) is 1.30. The lowest BCUT2D eigenvalue weighted by Crippen LogP contribution is -2.03. The number of carbonyl (C=O) groups excluding carboxylic acids is 1. The van der Waals surface area contributed by atoms with E-state index in [9.17, 15) is 14.9 Å². The fraction of sp³-hybridized carbons (Fsp3) is 0.0556. The molecule has 9 nitrogen and oxygen atoms in total. The third-order valence-electron chi connectivity index (χ3n) is 4.00. The van der Waals surface area contributed by atoms with E-state index in [4.69, 9.17) is 9.47 Å². The summed E-state index contributed by atoms with van der Waals surface area (Å²) < 4.78 is 10.4. The number of ether oxygens (including phenoxy) is 2. The molecule has 3 aromatic heterocycles. The van der Waals surface area contributed by atoms with Gasteiger partial charge in [-0.15, -0.1) is 0 Å². The summed E-state index contributed by atoms with van der Waals surface area (Å²) in [5, 5.41) is 12.3. The summed E-state index contributed by atoms with van der Waals surface area (Å²) >= 11 is 0. The summed E-state index contributed by atoms with van der Waals surface area (Å²) in [5.74, 6) is 0.214. The molecule has 0 unspecified atom stereocenters. The first-order valence-corrected chi connectivity index (χ1v) is 7.83. The highest BCUT2D eigenvalue weighted by molar-refractivity contribution is 6.09. The number of esters is 1. The van der Waals surface area contributed by atoms with Crippen molar-refractivity contribution in [3.05, 3.63) is 64.6 Å². The Hall–Kier alpha value is -4.01. The van der Waals surface area contributed by atoms with Crippen LogP contribution in [0.25, 0.3) is 21.8 Å². The van der Waals surface area contributed by atoms with Crippen molar-refractivity contribution >= 4 is 33.5 Å². The van der Waals surface area contributed by atoms with Crippen LogP contribution < -0.4 is 4.74 Å². The highest BCUT2D eigenvalue weighted by atomic mass is 16.6. The molecule has 134 valence electrons. The van der Waals surface area contributed by atoms with Crippen molar-refractivity contribution in [1.82, 2.24) is 15.0 Å². The summed E-state index contributed by atoms with van der Waals surface area (Å²) in [4.78, 5) is 33.1. The van der Waals surface area contributed by atoms with Gasteiger partial charge in [0.15, 0.2) is 0 Å². The lowest BCUT2D eigenvalue weighted by molar-refractivity contribution is -0.385. The molecule has 0 aliphatic rings. The van der Waals surface area contributed by atoms with Gasteiger partial charge in [-0.25, -0.2) is 14.8 Å². The molecular formula is C18H12N4O5. The smallest absolute Gasteiger partial charge is 0.356 e. The highest BCUT2D eigenvalue weighted by Gasteiger charge is 2.13. The Kier molecular flexibility index (Phi) is 3.88. The van der Waals surface area contributed by atoms with Gasteiger partial charge in [0.2, 0.25) is 5.88 Å². The van der Waals surface area contributed by atoms with E-state index < -0.39 is 10.9 Å². The number of benzene rings is 1. The SMILES string of the molecule is COC(=O)c1cc2c(cn1)[nH]c1ccc(Oc3ccc([N+](=O)[O-])cn3)cc12. The van der Waals surface area contributed by atoms with Crippen molar-refractivity contribution < 1.29 is 19.2 Å². The zero-order chi connectivity index (χ0) is 19.0. The number of rotatable bonds is 4. The highest BCUT2D eigenvalue weighted by Crippen LogP contribution is 2.30. The van der Waals surface area contributed by atoms with Gasteiger partial charge in [0.1, 0.15) is 17.6 Å². The van der Waals surface area contributed by atoms with Crippen molar-refractivity contribution in [2.24, 2.45) is 0 Å². The molecule has 4 aromatic rings. The van der Waals surface area contributed by atoms with Gasteiger partial charge in [-0.05, 0) is 24.3 Å². The molecule has 4 rings (SSSR count). The average Bonchev–Trinajstić information content (AvgIpc) is 3.05. The summed E-state index contributed by atoms with van der Waals surface area (Å²) in [6.07, 6.45) is 2.70. The first-order chi connectivity index (χ1) is 13.0. The molecule has 0 aliphatic carbocycles. The zero-order valence-corrected chi connectivity index (χ0v) is 14.0. The van der Waals surface area contributed by atoms with Gasteiger partial charge in [0.05, 0.1) is 23.7 Å². The monoisotopic (exact) mass is 364 g/mol. The van der Waals surface area contributed by atoms with Crippen LogP contribution in [0.4, 0.5) is 5.69 Å². The van der Waals surface area contributed by atoms with Crippen molar-refractivity contribution in [1.29, 1.82) is 0 Å². The van der Waals surface area contributed by atoms with Crippen LogP contribution in [-0.2, 0) is 4.74 Å². The minimum absolute atomic E-state index is 0.114. The van der Waals surface area contributed by atoms with E-state index in [1.165, 1.54) is 19.2 Å². The molecule has 0 radical (unpaired) electrons. The summed E-state index contributed by atoms with van der Waals surface area (Å²) in [6.45, 7) is 0. The number of carbonyl (C=O) groups is 1. The molecule has 0 spiro atoms. The molecular weight excluding hydrogens is 352 g/mol. The molecule has 0 atom stereocenters. The first kappa shape index (κ1) is 16.5. The van der Waals surface area contributed by atoms with E-state index in [2.05, 4.69) is 15.0 Å². The molecule has 3 heterocycles. The zero-order valence-electron chi connectivity index (χ0n) is 14.0. The maximum absolute atomic E-state index is 11.7. The molecule has 0 saturated carbocycles. The molecule has 1 aromatic carbocycles. The number of aromatic nitrogens is 3. The number of nitrogens with zero attached hydrogens (tertiary/aromatic N) is 3. The number of hydrogen-bond donors (Lipinski definition) is 1. The Labute approximate surface area is 151 Å².